The topological polar surface area (TPSA) is 86.0 Å². The summed E-state index contributed by atoms with van der Waals surface area (Å²) in [5, 5.41) is 0. The number of furan rings is 1. The van der Waals surface area contributed by atoms with E-state index in [9.17, 15) is 13.2 Å². The number of ether oxygens (including phenoxy) is 2. The Morgan fingerprint density at radius 2 is 1.84 bits per heavy atom. The lowest BCUT2D eigenvalue weighted by Crippen LogP contribution is -2.30. The van der Waals surface area contributed by atoms with Crippen molar-refractivity contribution < 1.29 is 27.1 Å². The molecule has 7 nitrogen and oxygen atoms in total. The highest BCUT2D eigenvalue weighted by Crippen LogP contribution is 2.39. The van der Waals surface area contributed by atoms with Crippen LogP contribution in [0.15, 0.2) is 70.0 Å². The molecule has 1 aliphatic heterocycles. The summed E-state index contributed by atoms with van der Waals surface area (Å²) < 4.78 is 41.8. The predicted octanol–water partition coefficient (Wildman–Crippen LogP) is 4.25. The molecule has 1 fully saturated rings. The molecule has 1 aliphatic rings. The second-order valence-electron chi connectivity index (χ2n) is 7.60. The van der Waals surface area contributed by atoms with Gasteiger partial charge in [0.1, 0.15) is 23.0 Å². The van der Waals surface area contributed by atoms with Crippen LogP contribution in [0.25, 0.3) is 0 Å². The molecule has 3 aromatic rings. The second kappa shape index (κ2) is 9.08. The van der Waals surface area contributed by atoms with E-state index in [4.69, 9.17) is 13.9 Å². The molecule has 1 atom stereocenters. The van der Waals surface area contributed by atoms with E-state index in [0.717, 1.165) is 18.4 Å². The van der Waals surface area contributed by atoms with Crippen molar-refractivity contribution in [2.24, 2.45) is 0 Å². The molecule has 0 bridgehead atoms. The number of hydrogen-bond acceptors (Lipinski definition) is 6. The molecule has 8 heteroatoms. The molecule has 0 spiro atoms. The first-order valence-electron chi connectivity index (χ1n) is 10.3. The Hall–Kier alpha value is -3.26. The molecule has 0 saturated carbocycles. The molecule has 32 heavy (non-hydrogen) atoms. The first-order valence-corrected chi connectivity index (χ1v) is 12.0. The van der Waals surface area contributed by atoms with Crippen LogP contribution in [0.1, 0.15) is 40.8 Å². The summed E-state index contributed by atoms with van der Waals surface area (Å²) in [5.74, 6) is 1.14. The summed E-state index contributed by atoms with van der Waals surface area (Å²) >= 11 is 0. The third kappa shape index (κ3) is 4.36. The van der Waals surface area contributed by atoms with Gasteiger partial charge in [0.05, 0.1) is 25.2 Å². The van der Waals surface area contributed by atoms with E-state index in [1.807, 2.05) is 18.2 Å². The van der Waals surface area contributed by atoms with Crippen molar-refractivity contribution in [1.29, 1.82) is 0 Å². The van der Waals surface area contributed by atoms with Crippen LogP contribution >= 0.6 is 0 Å². The molecule has 168 valence electrons. The number of hydrogen-bond donors (Lipinski definition) is 0. The van der Waals surface area contributed by atoms with Gasteiger partial charge in [-0.15, -0.1) is 0 Å². The average Bonchev–Trinajstić information content (AvgIpc) is 3.48. The Morgan fingerprint density at radius 1 is 1.06 bits per heavy atom. The van der Waals surface area contributed by atoms with Crippen molar-refractivity contribution >= 4 is 15.7 Å². The minimum Gasteiger partial charge on any atom is -0.497 e. The van der Waals surface area contributed by atoms with Crippen LogP contribution in [0.5, 0.6) is 11.5 Å². The Morgan fingerprint density at radius 3 is 2.56 bits per heavy atom. The van der Waals surface area contributed by atoms with Crippen molar-refractivity contribution in [3.8, 4) is 11.5 Å². The maximum atomic E-state index is 13.2. The highest BCUT2D eigenvalue weighted by molar-refractivity contribution is 7.90. The number of sulfone groups is 1. The fourth-order valence-corrected chi connectivity index (χ4v) is 5.31. The lowest BCUT2D eigenvalue weighted by molar-refractivity contribution is 0.0700. The first kappa shape index (κ1) is 22.0. The van der Waals surface area contributed by atoms with Crippen LogP contribution in [0, 0.1) is 0 Å². The Labute approximate surface area is 187 Å². The standard InChI is InChI=1S/C24H25NO6S/c1-29-17-10-12-22(30-2)20(15-17)21-9-6-14-25(21)24(26)23-13-11-18(31-23)16-32(27,28)19-7-4-3-5-8-19/h3-5,7-8,10-13,15,21H,6,9,14,16H2,1-2H3. The highest BCUT2D eigenvalue weighted by atomic mass is 32.2. The highest BCUT2D eigenvalue weighted by Gasteiger charge is 2.34. The van der Waals surface area contributed by atoms with Gasteiger partial charge in [-0.25, -0.2) is 8.42 Å². The van der Waals surface area contributed by atoms with Gasteiger partial charge in [-0.2, -0.15) is 0 Å². The van der Waals surface area contributed by atoms with E-state index in [2.05, 4.69) is 0 Å². The molecule has 4 rings (SSSR count). The van der Waals surface area contributed by atoms with E-state index in [1.54, 1.807) is 55.5 Å². The van der Waals surface area contributed by atoms with E-state index in [1.165, 1.54) is 6.07 Å². The van der Waals surface area contributed by atoms with Crippen LogP contribution in [-0.4, -0.2) is 40.0 Å². The quantitative estimate of drug-likeness (QED) is 0.530. The van der Waals surface area contributed by atoms with Gasteiger partial charge in [0, 0.05) is 12.1 Å². The summed E-state index contributed by atoms with van der Waals surface area (Å²) in [6.07, 6.45) is 1.62. The zero-order valence-electron chi connectivity index (χ0n) is 18.0. The van der Waals surface area contributed by atoms with E-state index < -0.39 is 9.84 Å². The van der Waals surface area contributed by atoms with Crippen molar-refractivity contribution in [1.82, 2.24) is 4.90 Å². The Balaban J connectivity index is 1.56. The number of amides is 1. The van der Waals surface area contributed by atoms with Crippen LogP contribution in [-0.2, 0) is 15.6 Å². The number of carbonyl (C=O) groups excluding carboxylic acids is 1. The van der Waals surface area contributed by atoms with Crippen molar-refractivity contribution in [2.45, 2.75) is 29.5 Å². The van der Waals surface area contributed by atoms with E-state index >= 15 is 0 Å². The van der Waals surface area contributed by atoms with Gasteiger partial charge < -0.3 is 18.8 Å². The van der Waals surface area contributed by atoms with Crippen LogP contribution in [0.2, 0.25) is 0 Å². The van der Waals surface area contributed by atoms with Crippen LogP contribution in [0.4, 0.5) is 0 Å². The number of nitrogens with zero attached hydrogens (tertiary/aromatic N) is 1. The molecule has 1 unspecified atom stereocenters. The minimum absolute atomic E-state index is 0.122. The number of benzene rings is 2. The zero-order valence-corrected chi connectivity index (χ0v) is 18.8. The summed E-state index contributed by atoms with van der Waals surface area (Å²) in [7, 11) is -0.374. The maximum absolute atomic E-state index is 13.2. The normalized spacial score (nSPS) is 16.2. The maximum Gasteiger partial charge on any atom is 0.290 e. The van der Waals surface area contributed by atoms with Gasteiger partial charge >= 0.3 is 0 Å². The van der Waals surface area contributed by atoms with Gasteiger partial charge in [-0.3, -0.25) is 4.79 Å². The first-order chi connectivity index (χ1) is 15.4. The van der Waals surface area contributed by atoms with Crippen LogP contribution < -0.4 is 9.47 Å². The fraction of sp³-hybridized carbons (Fsp3) is 0.292. The summed E-state index contributed by atoms with van der Waals surface area (Å²) in [4.78, 5) is 15.2. The fourth-order valence-electron chi connectivity index (χ4n) is 4.04. The molecular weight excluding hydrogens is 430 g/mol. The van der Waals surface area contributed by atoms with Gasteiger partial charge in [0.2, 0.25) is 0 Å². The summed E-state index contributed by atoms with van der Waals surface area (Å²) in [6, 6.07) is 16.6. The minimum atomic E-state index is -3.56. The van der Waals surface area contributed by atoms with Crippen molar-refractivity contribution in [3.63, 3.8) is 0 Å². The van der Waals surface area contributed by atoms with E-state index in [0.29, 0.717) is 18.0 Å². The van der Waals surface area contributed by atoms with Gasteiger partial charge in [-0.1, -0.05) is 18.2 Å². The third-order valence-electron chi connectivity index (χ3n) is 5.62. The van der Waals surface area contributed by atoms with Crippen molar-refractivity contribution in [3.05, 3.63) is 77.7 Å². The van der Waals surface area contributed by atoms with Crippen molar-refractivity contribution in [2.75, 3.05) is 20.8 Å². The van der Waals surface area contributed by atoms with Gasteiger partial charge in [-0.05, 0) is 55.3 Å². The smallest absolute Gasteiger partial charge is 0.290 e. The molecule has 0 aliphatic carbocycles. The number of rotatable bonds is 7. The molecule has 2 aromatic carbocycles. The predicted molar refractivity (Wildman–Crippen MR) is 119 cm³/mol. The van der Waals surface area contributed by atoms with E-state index in [-0.39, 0.29) is 34.1 Å². The average molecular weight is 456 g/mol. The molecule has 1 amide bonds. The number of likely N-dealkylation sites (tertiary alicyclic amines) is 1. The third-order valence-corrected chi connectivity index (χ3v) is 7.27. The van der Waals surface area contributed by atoms with Gasteiger partial charge in [0.15, 0.2) is 15.6 Å². The Kier molecular flexibility index (Phi) is 6.23. The lowest BCUT2D eigenvalue weighted by Gasteiger charge is -2.26. The molecule has 1 aromatic heterocycles. The largest absolute Gasteiger partial charge is 0.497 e. The molecular formula is C24H25NO6S. The monoisotopic (exact) mass is 455 g/mol. The second-order valence-corrected chi connectivity index (χ2v) is 9.59. The molecule has 1 saturated heterocycles. The zero-order chi connectivity index (χ0) is 22.7. The molecule has 0 radical (unpaired) electrons. The summed E-state index contributed by atoms with van der Waals surface area (Å²) in [5.41, 5.74) is 0.871. The molecule has 2 heterocycles. The van der Waals surface area contributed by atoms with Gasteiger partial charge in [0.25, 0.3) is 5.91 Å². The summed E-state index contributed by atoms with van der Waals surface area (Å²) in [6.45, 7) is 0.572. The number of methoxy groups -OCH3 is 2. The SMILES string of the molecule is COc1ccc(OC)c(C2CCCN2C(=O)c2ccc(CS(=O)(=O)c3ccccc3)o2)c1. The molecule has 0 N–H and O–H groups in total. The lowest BCUT2D eigenvalue weighted by atomic mass is 10.0. The number of carbonyl (C=O) groups is 1. The Bertz CT molecular complexity index is 1200. The van der Waals surface area contributed by atoms with Crippen LogP contribution in [0.3, 0.4) is 0 Å².